The van der Waals surface area contributed by atoms with E-state index in [2.05, 4.69) is 115 Å². The van der Waals surface area contributed by atoms with Gasteiger partial charge in [-0.25, -0.2) is 0 Å². The Morgan fingerprint density at radius 2 is 1.68 bits per heavy atom. The normalized spacial score (nSPS) is 18.7. The molecule has 0 aliphatic carbocycles. The summed E-state index contributed by atoms with van der Waals surface area (Å²) in [6.45, 7) is 23.0. The maximum absolute atomic E-state index is 4.21. The minimum absolute atomic E-state index is 0.508. The number of hydrogen-bond donors (Lipinski definition) is 1. The molecule has 2 fully saturated rings. The van der Waals surface area contributed by atoms with Crippen molar-refractivity contribution in [3.8, 4) is 11.8 Å². The summed E-state index contributed by atoms with van der Waals surface area (Å²) in [4.78, 5) is 7.84. The maximum atomic E-state index is 4.21. The molecule has 0 unspecified atom stereocenters. The van der Waals surface area contributed by atoms with Crippen LogP contribution in [0.5, 0.6) is 0 Å². The van der Waals surface area contributed by atoms with E-state index in [1.165, 1.54) is 70.6 Å². The Kier molecular flexibility index (Phi) is 9.70. The number of nitrogens with zero attached hydrogens (tertiary/aromatic N) is 3. The van der Waals surface area contributed by atoms with E-state index in [0.29, 0.717) is 5.92 Å². The lowest BCUT2D eigenvalue weighted by molar-refractivity contribution is 0.165. The van der Waals surface area contributed by atoms with E-state index < -0.39 is 0 Å². The number of rotatable bonds is 7. The fourth-order valence-corrected chi connectivity index (χ4v) is 6.40. The molecule has 3 aliphatic rings. The van der Waals surface area contributed by atoms with E-state index in [-0.39, 0.29) is 0 Å². The molecule has 4 nitrogen and oxygen atoms in total. The predicted octanol–water partition coefficient (Wildman–Crippen LogP) is 6.37. The number of anilines is 1. The number of allylic oxidation sites excluding steroid dienone is 3. The first-order valence-corrected chi connectivity index (χ1v) is 15.6. The first kappa shape index (κ1) is 29.2. The number of aryl methyl sites for hydroxylation is 2. The van der Waals surface area contributed by atoms with E-state index in [4.69, 9.17) is 0 Å². The van der Waals surface area contributed by atoms with Gasteiger partial charge < -0.3 is 15.1 Å². The Bertz CT molecular complexity index is 1360. The van der Waals surface area contributed by atoms with Crippen molar-refractivity contribution in [1.82, 2.24) is 15.1 Å². The van der Waals surface area contributed by atoms with Crippen LogP contribution in [0.1, 0.15) is 61.4 Å². The number of nitrogens with one attached hydrogen (secondary N) is 1. The fraction of sp³-hybridized carbons (Fsp3) is 0.459. The molecule has 2 saturated heterocycles. The monoisotopic (exact) mass is 548 g/mol. The molecule has 0 radical (unpaired) electrons. The highest BCUT2D eigenvalue weighted by Crippen LogP contribution is 2.28. The third-order valence-corrected chi connectivity index (χ3v) is 9.13. The molecule has 0 spiro atoms. The van der Waals surface area contributed by atoms with Crippen molar-refractivity contribution in [2.45, 2.75) is 47.0 Å². The number of piperazine rings is 1. The molecule has 5 rings (SSSR count). The summed E-state index contributed by atoms with van der Waals surface area (Å²) in [7, 11) is 0. The Morgan fingerprint density at radius 3 is 2.34 bits per heavy atom. The number of benzene rings is 2. The van der Waals surface area contributed by atoms with Crippen LogP contribution in [0, 0.1) is 24.7 Å². The van der Waals surface area contributed by atoms with E-state index in [0.717, 1.165) is 57.8 Å². The molecule has 2 aromatic carbocycles. The first-order valence-electron chi connectivity index (χ1n) is 15.6. The quantitative estimate of drug-likeness (QED) is 0.406. The smallest absolute Gasteiger partial charge is 0.0373 e. The summed E-state index contributed by atoms with van der Waals surface area (Å²) in [5.74, 6) is 7.60. The molecule has 0 bridgehead atoms. The van der Waals surface area contributed by atoms with Crippen molar-refractivity contribution in [1.29, 1.82) is 0 Å². The molecule has 0 saturated carbocycles. The second-order valence-corrected chi connectivity index (χ2v) is 12.1. The molecule has 41 heavy (non-hydrogen) atoms. The van der Waals surface area contributed by atoms with Gasteiger partial charge in [0.25, 0.3) is 0 Å². The molecular weight excluding hydrogens is 500 g/mol. The van der Waals surface area contributed by atoms with Gasteiger partial charge in [-0.15, -0.1) is 0 Å². The second-order valence-electron chi connectivity index (χ2n) is 12.1. The molecular formula is C37H48N4. The predicted molar refractivity (Wildman–Crippen MR) is 176 cm³/mol. The summed E-state index contributed by atoms with van der Waals surface area (Å²) in [6, 6.07) is 13.6. The Morgan fingerprint density at radius 1 is 0.951 bits per heavy atom. The lowest BCUT2D eigenvalue weighted by atomic mass is 9.93. The van der Waals surface area contributed by atoms with Crippen LogP contribution in [0.15, 0.2) is 60.8 Å². The topological polar surface area (TPSA) is 21.8 Å². The zero-order valence-corrected chi connectivity index (χ0v) is 25.7. The van der Waals surface area contributed by atoms with Gasteiger partial charge in [-0.3, -0.25) is 4.90 Å². The minimum Gasteiger partial charge on any atom is -0.387 e. The number of hydrogen-bond acceptors (Lipinski definition) is 4. The molecule has 2 aromatic rings. The zero-order chi connectivity index (χ0) is 28.8. The largest absolute Gasteiger partial charge is 0.387 e. The average Bonchev–Trinajstić information content (AvgIpc) is 3.00. The number of likely N-dealkylation sites (tertiary alicyclic amines) is 1. The van der Waals surface area contributed by atoms with Crippen LogP contribution in [0.2, 0.25) is 0 Å². The number of piperidine rings is 1. The Labute approximate surface area is 248 Å². The minimum atomic E-state index is 0.508. The van der Waals surface area contributed by atoms with Gasteiger partial charge in [0.15, 0.2) is 0 Å². The van der Waals surface area contributed by atoms with Crippen LogP contribution in [0.3, 0.4) is 0 Å². The Balaban J connectivity index is 1.05. The third-order valence-electron chi connectivity index (χ3n) is 9.13. The standard InChI is InChI=1S/C37H48N4/c1-6-33-10-11-34(26-36(33)28(2)3)41-23-21-40(22-24-41)20-19-39-17-14-31(15-18-39)7-8-32-9-12-35(30(5)25-32)37-27-38-16-13-29(37)4/h9-13,25-27,31,38H,2,6,14-24H2,1,3-5H3. The second kappa shape index (κ2) is 13.6. The van der Waals surface area contributed by atoms with Crippen molar-refractivity contribution < 1.29 is 0 Å². The van der Waals surface area contributed by atoms with E-state index in [1.807, 2.05) is 0 Å². The van der Waals surface area contributed by atoms with Gasteiger partial charge in [-0.2, -0.15) is 0 Å². The van der Waals surface area contributed by atoms with Gasteiger partial charge in [0, 0.05) is 74.8 Å². The zero-order valence-electron chi connectivity index (χ0n) is 25.7. The van der Waals surface area contributed by atoms with Crippen LogP contribution < -0.4 is 10.2 Å². The van der Waals surface area contributed by atoms with Crippen LogP contribution in [-0.4, -0.2) is 68.7 Å². The molecule has 1 N–H and O–H groups in total. The lowest BCUT2D eigenvalue weighted by Crippen LogP contribution is -2.49. The molecule has 216 valence electrons. The van der Waals surface area contributed by atoms with E-state index >= 15 is 0 Å². The van der Waals surface area contributed by atoms with Gasteiger partial charge >= 0.3 is 0 Å². The van der Waals surface area contributed by atoms with Crippen LogP contribution >= 0.6 is 0 Å². The van der Waals surface area contributed by atoms with E-state index in [9.17, 15) is 0 Å². The summed E-state index contributed by atoms with van der Waals surface area (Å²) in [6.07, 6.45) is 7.81. The average molecular weight is 549 g/mol. The van der Waals surface area contributed by atoms with Crippen molar-refractivity contribution >= 4 is 16.8 Å². The summed E-state index contributed by atoms with van der Waals surface area (Å²) >= 11 is 0. The first-order chi connectivity index (χ1) is 19.9. The highest BCUT2D eigenvalue weighted by molar-refractivity contribution is 5.81. The number of dihydropyridines is 1. The summed E-state index contributed by atoms with van der Waals surface area (Å²) < 4.78 is 0. The van der Waals surface area contributed by atoms with Crippen LogP contribution in [0.4, 0.5) is 5.69 Å². The summed E-state index contributed by atoms with van der Waals surface area (Å²) in [5.41, 5.74) is 11.6. The van der Waals surface area contributed by atoms with E-state index in [1.54, 1.807) is 0 Å². The highest BCUT2D eigenvalue weighted by atomic mass is 15.3. The molecule has 4 heteroatoms. The van der Waals surface area contributed by atoms with Crippen molar-refractivity contribution in [3.63, 3.8) is 0 Å². The van der Waals surface area contributed by atoms with Crippen molar-refractivity contribution in [2.24, 2.45) is 5.92 Å². The van der Waals surface area contributed by atoms with Crippen LogP contribution in [-0.2, 0) is 6.42 Å². The highest BCUT2D eigenvalue weighted by Gasteiger charge is 2.21. The van der Waals surface area contributed by atoms with Crippen LogP contribution in [0.25, 0.3) is 11.1 Å². The molecule has 3 heterocycles. The molecule has 0 atom stereocenters. The summed E-state index contributed by atoms with van der Waals surface area (Å²) in [5, 5.41) is 3.34. The Hall–Kier alpha value is -3.26. The fourth-order valence-electron chi connectivity index (χ4n) is 6.40. The van der Waals surface area contributed by atoms with Crippen molar-refractivity contribution in [2.75, 3.05) is 63.8 Å². The maximum Gasteiger partial charge on any atom is 0.0373 e. The van der Waals surface area contributed by atoms with Crippen molar-refractivity contribution in [3.05, 3.63) is 88.6 Å². The molecule has 0 amide bonds. The lowest BCUT2D eigenvalue weighted by Gasteiger charge is -2.38. The van der Waals surface area contributed by atoms with Gasteiger partial charge in [0.05, 0.1) is 0 Å². The van der Waals surface area contributed by atoms with Gasteiger partial charge in [-0.05, 0) is 105 Å². The molecule has 3 aliphatic heterocycles. The molecule has 0 aromatic heterocycles. The third kappa shape index (κ3) is 7.34. The van der Waals surface area contributed by atoms with Gasteiger partial charge in [0.1, 0.15) is 0 Å². The van der Waals surface area contributed by atoms with Gasteiger partial charge in [-0.1, -0.05) is 49.1 Å². The van der Waals surface area contributed by atoms with Gasteiger partial charge in [0.2, 0.25) is 0 Å². The SMILES string of the molecule is C=C(C)c1cc(N2CCN(CCN3CCC(C#Cc4ccc(C5=CNCC=C5C)c(C)c4)CC3)CC2)ccc1CC.